The molecule has 5 heterocycles. The summed E-state index contributed by atoms with van der Waals surface area (Å²) in [5.41, 5.74) is 4.34. The zero-order valence-electron chi connectivity index (χ0n) is 17.7. The van der Waals surface area contributed by atoms with E-state index in [0.29, 0.717) is 11.5 Å². The molecule has 32 heavy (non-hydrogen) atoms. The lowest BCUT2D eigenvalue weighted by atomic mass is 10.1. The first-order valence-electron chi connectivity index (χ1n) is 10.6. The Morgan fingerprint density at radius 2 is 1.91 bits per heavy atom. The molecule has 0 bridgehead atoms. The van der Waals surface area contributed by atoms with Crippen LogP contribution in [-0.2, 0) is 11.8 Å². The van der Waals surface area contributed by atoms with Gasteiger partial charge in [-0.25, -0.2) is 9.50 Å². The standard InChI is InChI=1S/C22H21N9O/c1-13(17-6-8-19-24-18(12-31(19)28-17)25-22(32)14-3-4-14)21-27-26-20-7-5-15(11-30(20)21)16-9-23-29(2)10-16/h5-14H,3-4H2,1-2H3,(H,25,32)/t13-/m1/s1. The largest absolute Gasteiger partial charge is 0.309 e. The second kappa shape index (κ2) is 6.98. The summed E-state index contributed by atoms with van der Waals surface area (Å²) in [7, 11) is 1.90. The zero-order valence-corrected chi connectivity index (χ0v) is 17.7. The van der Waals surface area contributed by atoms with Crippen LogP contribution in [0.1, 0.15) is 37.2 Å². The number of carbonyl (C=O) groups excluding carboxylic acids is 1. The number of fused-ring (bicyclic) bond motifs is 2. The molecule has 10 nitrogen and oxygen atoms in total. The highest BCUT2D eigenvalue weighted by Gasteiger charge is 2.30. The summed E-state index contributed by atoms with van der Waals surface area (Å²) in [4.78, 5) is 16.5. The molecule has 160 valence electrons. The van der Waals surface area contributed by atoms with Crippen molar-refractivity contribution < 1.29 is 4.79 Å². The minimum atomic E-state index is -0.106. The van der Waals surface area contributed by atoms with E-state index < -0.39 is 0 Å². The number of nitrogens with zero attached hydrogens (tertiary/aromatic N) is 8. The smallest absolute Gasteiger partial charge is 0.228 e. The maximum absolute atomic E-state index is 12.0. The fourth-order valence-corrected chi connectivity index (χ4v) is 3.84. The SMILES string of the molecule is C[C@H](c1ccc2nc(NC(=O)C3CC3)cn2n1)c1nnc2ccc(-c3cnn(C)c3)cn12. The Kier molecular flexibility index (Phi) is 4.07. The van der Waals surface area contributed by atoms with Gasteiger partial charge >= 0.3 is 0 Å². The van der Waals surface area contributed by atoms with Crippen LogP contribution in [0.4, 0.5) is 5.82 Å². The lowest BCUT2D eigenvalue weighted by molar-refractivity contribution is -0.117. The van der Waals surface area contributed by atoms with Gasteiger partial charge in [-0.2, -0.15) is 10.2 Å². The Labute approximate surface area is 182 Å². The van der Waals surface area contributed by atoms with Gasteiger partial charge in [0.2, 0.25) is 5.91 Å². The first-order chi connectivity index (χ1) is 15.5. The van der Waals surface area contributed by atoms with E-state index in [4.69, 9.17) is 5.10 Å². The first kappa shape index (κ1) is 18.7. The third-order valence-corrected chi connectivity index (χ3v) is 5.84. The number of aromatic nitrogens is 8. The molecule has 0 aliphatic heterocycles. The van der Waals surface area contributed by atoms with Crippen LogP contribution in [0.15, 0.2) is 49.1 Å². The molecule has 5 aromatic rings. The number of imidazole rings is 1. The minimum Gasteiger partial charge on any atom is -0.309 e. The number of carbonyl (C=O) groups is 1. The number of hydrogen-bond donors (Lipinski definition) is 1. The van der Waals surface area contributed by atoms with E-state index in [1.54, 1.807) is 15.4 Å². The third-order valence-electron chi connectivity index (χ3n) is 5.84. The van der Waals surface area contributed by atoms with Crippen molar-refractivity contribution in [3.63, 3.8) is 0 Å². The fourth-order valence-electron chi connectivity index (χ4n) is 3.84. The minimum absolute atomic E-state index is 0.0290. The van der Waals surface area contributed by atoms with Gasteiger partial charge in [-0.15, -0.1) is 10.2 Å². The number of anilines is 1. The average Bonchev–Trinajstić information content (AvgIpc) is 3.23. The van der Waals surface area contributed by atoms with Gasteiger partial charge in [0.25, 0.3) is 0 Å². The quantitative estimate of drug-likeness (QED) is 0.462. The molecule has 0 radical (unpaired) electrons. The number of rotatable bonds is 5. The van der Waals surface area contributed by atoms with Crippen molar-refractivity contribution in [1.82, 2.24) is 39.0 Å². The van der Waals surface area contributed by atoms with Crippen LogP contribution in [0.25, 0.3) is 22.4 Å². The molecule has 6 rings (SSSR count). The van der Waals surface area contributed by atoms with Crippen molar-refractivity contribution in [3.05, 3.63) is 60.6 Å². The molecular formula is C22H21N9O. The Hall–Kier alpha value is -4.08. The number of hydrogen-bond acceptors (Lipinski definition) is 6. The van der Waals surface area contributed by atoms with Crippen LogP contribution in [0, 0.1) is 5.92 Å². The van der Waals surface area contributed by atoms with Crippen molar-refractivity contribution in [1.29, 1.82) is 0 Å². The van der Waals surface area contributed by atoms with Gasteiger partial charge in [0.05, 0.1) is 24.0 Å². The van der Waals surface area contributed by atoms with Crippen molar-refractivity contribution in [2.75, 3.05) is 5.32 Å². The molecule has 0 saturated heterocycles. The molecule has 1 amide bonds. The molecule has 1 aliphatic carbocycles. The highest BCUT2D eigenvalue weighted by Crippen LogP contribution is 2.30. The topological polar surface area (TPSA) is 107 Å². The predicted molar refractivity (Wildman–Crippen MR) is 117 cm³/mol. The predicted octanol–water partition coefficient (Wildman–Crippen LogP) is 2.67. The monoisotopic (exact) mass is 427 g/mol. The lowest BCUT2D eigenvalue weighted by Gasteiger charge is -2.10. The molecular weight excluding hydrogens is 406 g/mol. The number of aryl methyl sites for hydroxylation is 1. The second-order valence-corrected chi connectivity index (χ2v) is 8.28. The summed E-state index contributed by atoms with van der Waals surface area (Å²) in [6.07, 6.45) is 9.49. The molecule has 0 aromatic carbocycles. The Balaban J connectivity index is 1.33. The fraction of sp³-hybridized carbons (Fsp3) is 0.273. The van der Waals surface area contributed by atoms with Gasteiger partial charge in [0.1, 0.15) is 5.82 Å². The molecule has 1 N–H and O–H groups in total. The molecule has 1 atom stereocenters. The van der Waals surface area contributed by atoms with Crippen molar-refractivity contribution in [2.24, 2.45) is 13.0 Å². The van der Waals surface area contributed by atoms with Crippen LogP contribution >= 0.6 is 0 Å². The maximum atomic E-state index is 12.0. The van der Waals surface area contributed by atoms with Crippen molar-refractivity contribution in [2.45, 2.75) is 25.7 Å². The van der Waals surface area contributed by atoms with Crippen LogP contribution in [0.2, 0.25) is 0 Å². The molecule has 0 spiro atoms. The van der Waals surface area contributed by atoms with Gasteiger partial charge in [0.15, 0.2) is 17.1 Å². The van der Waals surface area contributed by atoms with E-state index in [1.165, 1.54) is 0 Å². The Morgan fingerprint density at radius 3 is 2.69 bits per heavy atom. The summed E-state index contributed by atoms with van der Waals surface area (Å²) in [5.74, 6) is 1.36. The van der Waals surface area contributed by atoms with Crippen LogP contribution in [0.3, 0.4) is 0 Å². The maximum Gasteiger partial charge on any atom is 0.228 e. The number of pyridine rings is 1. The average molecular weight is 427 g/mol. The summed E-state index contributed by atoms with van der Waals surface area (Å²) >= 11 is 0. The third kappa shape index (κ3) is 3.20. The Bertz CT molecular complexity index is 1470. The lowest BCUT2D eigenvalue weighted by Crippen LogP contribution is -2.13. The highest BCUT2D eigenvalue weighted by atomic mass is 16.2. The number of nitrogens with one attached hydrogen (secondary N) is 1. The van der Waals surface area contributed by atoms with E-state index in [2.05, 4.69) is 25.6 Å². The molecule has 1 saturated carbocycles. The molecule has 1 aliphatic rings. The highest BCUT2D eigenvalue weighted by molar-refractivity contribution is 5.93. The van der Waals surface area contributed by atoms with Crippen molar-refractivity contribution >= 4 is 23.0 Å². The second-order valence-electron chi connectivity index (χ2n) is 8.28. The Morgan fingerprint density at radius 1 is 1.06 bits per heavy atom. The van der Waals surface area contributed by atoms with E-state index >= 15 is 0 Å². The van der Waals surface area contributed by atoms with Crippen molar-refractivity contribution in [3.8, 4) is 11.1 Å². The van der Waals surface area contributed by atoms with E-state index in [1.807, 2.05) is 61.2 Å². The van der Waals surface area contributed by atoms with Gasteiger partial charge in [0, 0.05) is 36.5 Å². The van der Waals surface area contributed by atoms with Gasteiger partial charge < -0.3 is 5.32 Å². The van der Waals surface area contributed by atoms with E-state index in [9.17, 15) is 4.79 Å². The van der Waals surface area contributed by atoms with Crippen LogP contribution < -0.4 is 5.32 Å². The summed E-state index contributed by atoms with van der Waals surface area (Å²) < 4.78 is 5.47. The van der Waals surface area contributed by atoms with E-state index in [0.717, 1.165) is 41.1 Å². The van der Waals surface area contributed by atoms with Crippen LogP contribution in [-0.4, -0.2) is 44.9 Å². The molecule has 1 fully saturated rings. The zero-order chi connectivity index (χ0) is 21.8. The summed E-state index contributed by atoms with van der Waals surface area (Å²) in [5, 5.41) is 20.6. The summed E-state index contributed by atoms with van der Waals surface area (Å²) in [6, 6.07) is 7.80. The molecule has 5 aromatic heterocycles. The molecule has 0 unspecified atom stereocenters. The van der Waals surface area contributed by atoms with Gasteiger partial charge in [-0.3, -0.25) is 13.9 Å². The van der Waals surface area contributed by atoms with Gasteiger partial charge in [-0.1, -0.05) is 0 Å². The molecule has 10 heteroatoms. The number of amides is 1. The first-order valence-corrected chi connectivity index (χ1v) is 10.6. The normalized spacial score (nSPS) is 14.8. The van der Waals surface area contributed by atoms with Crippen LogP contribution in [0.5, 0.6) is 0 Å². The van der Waals surface area contributed by atoms with Gasteiger partial charge in [-0.05, 0) is 44.0 Å². The summed E-state index contributed by atoms with van der Waals surface area (Å²) in [6.45, 7) is 2.05. The van der Waals surface area contributed by atoms with E-state index in [-0.39, 0.29) is 17.7 Å².